The van der Waals surface area contributed by atoms with E-state index in [1.807, 2.05) is 80.6 Å². The highest BCUT2D eigenvalue weighted by Gasteiger charge is 2.15. The molecule has 1 N–H and O–H groups in total. The van der Waals surface area contributed by atoms with Crippen LogP contribution in [-0.2, 0) is 11.3 Å². The molecular formula is C25H22N4OS. The Kier molecular flexibility index (Phi) is 6.06. The van der Waals surface area contributed by atoms with Crippen LogP contribution in [0.5, 0.6) is 0 Å². The lowest BCUT2D eigenvalue weighted by Gasteiger charge is -2.11. The van der Waals surface area contributed by atoms with E-state index in [2.05, 4.69) is 16.0 Å². The zero-order valence-electron chi connectivity index (χ0n) is 17.4. The Hall–Kier alpha value is -3.56. The molecule has 0 bridgehead atoms. The topological polar surface area (TPSA) is 70.7 Å². The van der Waals surface area contributed by atoms with E-state index < -0.39 is 0 Å². The molecular weight excluding hydrogens is 404 g/mol. The molecule has 0 saturated heterocycles. The Morgan fingerprint density at radius 2 is 1.84 bits per heavy atom. The van der Waals surface area contributed by atoms with E-state index in [-0.39, 0.29) is 11.7 Å². The van der Waals surface area contributed by atoms with Gasteiger partial charge in [0.25, 0.3) is 0 Å². The molecule has 0 aliphatic carbocycles. The fraction of sp³-hybridized carbons (Fsp3) is 0.160. The molecule has 0 aliphatic heterocycles. The molecule has 31 heavy (non-hydrogen) atoms. The van der Waals surface area contributed by atoms with E-state index in [1.165, 1.54) is 17.3 Å². The molecule has 0 atom stereocenters. The van der Waals surface area contributed by atoms with E-state index in [1.54, 1.807) is 0 Å². The van der Waals surface area contributed by atoms with Gasteiger partial charge in [-0.1, -0.05) is 48.2 Å². The summed E-state index contributed by atoms with van der Waals surface area (Å²) in [4.78, 5) is 17.3. The summed E-state index contributed by atoms with van der Waals surface area (Å²) in [6.45, 7) is 4.60. The number of hydrogen-bond acceptors (Lipinski definition) is 4. The Morgan fingerprint density at radius 1 is 1.06 bits per heavy atom. The highest BCUT2D eigenvalue weighted by molar-refractivity contribution is 7.99. The van der Waals surface area contributed by atoms with Crippen LogP contribution in [0.2, 0.25) is 0 Å². The van der Waals surface area contributed by atoms with Gasteiger partial charge in [-0.2, -0.15) is 5.26 Å². The van der Waals surface area contributed by atoms with E-state index >= 15 is 0 Å². The van der Waals surface area contributed by atoms with Crippen LogP contribution in [0.15, 0.2) is 71.9 Å². The SMILES string of the molecule is Cc1ccc(NC(=O)CSc2nc3ccccc3n2Cc2ccccc2C#N)cc1C. The number of fused-ring (bicyclic) bond motifs is 1. The van der Waals surface area contributed by atoms with Gasteiger partial charge in [0.1, 0.15) is 0 Å². The number of rotatable bonds is 6. The molecule has 5 nitrogen and oxygen atoms in total. The minimum Gasteiger partial charge on any atom is -0.325 e. The fourth-order valence-electron chi connectivity index (χ4n) is 3.40. The predicted octanol–water partition coefficient (Wildman–Crippen LogP) is 5.30. The lowest BCUT2D eigenvalue weighted by atomic mass is 10.1. The van der Waals surface area contributed by atoms with Crippen molar-refractivity contribution in [1.82, 2.24) is 9.55 Å². The number of aryl methyl sites for hydroxylation is 2. The summed E-state index contributed by atoms with van der Waals surface area (Å²) < 4.78 is 2.07. The first kappa shape index (κ1) is 20.7. The van der Waals surface area contributed by atoms with E-state index in [0.29, 0.717) is 12.1 Å². The average molecular weight is 427 g/mol. The summed E-state index contributed by atoms with van der Waals surface area (Å²) in [5.41, 5.74) is 6.55. The van der Waals surface area contributed by atoms with Crippen LogP contribution in [-0.4, -0.2) is 21.2 Å². The molecule has 6 heteroatoms. The minimum atomic E-state index is -0.0794. The van der Waals surface area contributed by atoms with Crippen molar-refractivity contribution in [3.8, 4) is 6.07 Å². The number of nitriles is 1. The summed E-state index contributed by atoms with van der Waals surface area (Å²) >= 11 is 1.40. The van der Waals surface area contributed by atoms with Crippen molar-refractivity contribution in [3.05, 3.63) is 89.0 Å². The summed E-state index contributed by atoms with van der Waals surface area (Å²) in [6, 6.07) is 23.6. The van der Waals surface area contributed by atoms with Crippen molar-refractivity contribution >= 4 is 34.4 Å². The Bertz CT molecular complexity index is 1300. The van der Waals surface area contributed by atoms with Gasteiger partial charge in [0.2, 0.25) is 5.91 Å². The average Bonchev–Trinajstić information content (AvgIpc) is 3.13. The molecule has 1 heterocycles. The highest BCUT2D eigenvalue weighted by Crippen LogP contribution is 2.26. The molecule has 4 rings (SSSR count). The number of hydrogen-bond donors (Lipinski definition) is 1. The summed E-state index contributed by atoms with van der Waals surface area (Å²) in [5.74, 6) is 0.167. The smallest absolute Gasteiger partial charge is 0.234 e. The number of anilines is 1. The van der Waals surface area contributed by atoms with Crippen LogP contribution in [0.4, 0.5) is 5.69 Å². The number of carbonyl (C=O) groups excluding carboxylic acids is 1. The third kappa shape index (κ3) is 4.62. The molecule has 1 amide bonds. The number of para-hydroxylation sites is 2. The first-order valence-corrected chi connectivity index (χ1v) is 11.0. The van der Waals surface area contributed by atoms with Crippen molar-refractivity contribution in [2.75, 3.05) is 11.1 Å². The maximum atomic E-state index is 12.6. The normalized spacial score (nSPS) is 10.7. The lowest BCUT2D eigenvalue weighted by molar-refractivity contribution is -0.113. The summed E-state index contributed by atoms with van der Waals surface area (Å²) in [6.07, 6.45) is 0. The van der Waals surface area contributed by atoms with Crippen LogP contribution in [0.1, 0.15) is 22.3 Å². The Morgan fingerprint density at radius 3 is 2.65 bits per heavy atom. The molecule has 4 aromatic rings. The molecule has 0 radical (unpaired) electrons. The number of nitrogens with zero attached hydrogens (tertiary/aromatic N) is 3. The van der Waals surface area contributed by atoms with Gasteiger partial charge in [-0.25, -0.2) is 4.98 Å². The molecule has 0 aliphatic rings. The maximum Gasteiger partial charge on any atom is 0.234 e. The van der Waals surface area contributed by atoms with Crippen LogP contribution < -0.4 is 5.32 Å². The van der Waals surface area contributed by atoms with Crippen molar-refractivity contribution in [2.45, 2.75) is 25.5 Å². The van der Waals surface area contributed by atoms with Crippen molar-refractivity contribution < 1.29 is 4.79 Å². The number of amides is 1. The van der Waals surface area contributed by atoms with Gasteiger partial charge >= 0.3 is 0 Å². The number of carbonyl (C=O) groups is 1. The number of nitrogens with one attached hydrogen (secondary N) is 1. The van der Waals surface area contributed by atoms with E-state index in [4.69, 9.17) is 4.98 Å². The van der Waals surface area contributed by atoms with Crippen molar-refractivity contribution in [1.29, 1.82) is 5.26 Å². The van der Waals surface area contributed by atoms with Gasteiger partial charge in [-0.15, -0.1) is 0 Å². The van der Waals surface area contributed by atoms with E-state index in [0.717, 1.165) is 33.0 Å². The van der Waals surface area contributed by atoms with Gasteiger partial charge in [-0.3, -0.25) is 4.79 Å². The molecule has 1 aromatic heterocycles. The number of imidazole rings is 1. The van der Waals surface area contributed by atoms with E-state index in [9.17, 15) is 10.1 Å². The van der Waals surface area contributed by atoms with Crippen molar-refractivity contribution in [3.63, 3.8) is 0 Å². The largest absolute Gasteiger partial charge is 0.325 e. The van der Waals surface area contributed by atoms with Gasteiger partial charge in [-0.05, 0) is 60.9 Å². The third-order valence-corrected chi connectivity index (χ3v) is 6.19. The predicted molar refractivity (Wildman–Crippen MR) is 125 cm³/mol. The summed E-state index contributed by atoms with van der Waals surface area (Å²) in [7, 11) is 0. The summed E-state index contributed by atoms with van der Waals surface area (Å²) in [5, 5.41) is 13.2. The molecule has 0 fully saturated rings. The van der Waals surface area contributed by atoms with Crippen LogP contribution >= 0.6 is 11.8 Å². The highest BCUT2D eigenvalue weighted by atomic mass is 32.2. The zero-order valence-corrected chi connectivity index (χ0v) is 18.2. The maximum absolute atomic E-state index is 12.6. The molecule has 154 valence electrons. The first-order chi connectivity index (χ1) is 15.0. The quantitative estimate of drug-likeness (QED) is 0.425. The van der Waals surface area contributed by atoms with Gasteiger partial charge in [0.05, 0.1) is 35.0 Å². The standard InChI is InChI=1S/C25H22N4OS/c1-17-11-12-21(13-18(17)2)27-24(30)16-31-25-28-22-9-5-6-10-23(22)29(25)15-20-8-4-3-7-19(20)14-26/h3-13H,15-16H2,1-2H3,(H,27,30). The number of aromatic nitrogens is 2. The first-order valence-electron chi connectivity index (χ1n) is 9.98. The Labute approximate surface area is 185 Å². The Balaban J connectivity index is 1.56. The second-order valence-corrected chi connectivity index (χ2v) is 8.32. The molecule has 0 saturated carbocycles. The van der Waals surface area contributed by atoms with Crippen LogP contribution in [0.25, 0.3) is 11.0 Å². The van der Waals surface area contributed by atoms with Crippen molar-refractivity contribution in [2.24, 2.45) is 0 Å². The van der Waals surface area contributed by atoms with Crippen LogP contribution in [0, 0.1) is 25.2 Å². The number of benzene rings is 3. The second-order valence-electron chi connectivity index (χ2n) is 7.37. The molecule has 0 unspecified atom stereocenters. The second kappa shape index (κ2) is 9.07. The monoisotopic (exact) mass is 426 g/mol. The number of thioether (sulfide) groups is 1. The minimum absolute atomic E-state index is 0.0794. The zero-order chi connectivity index (χ0) is 21.8. The lowest BCUT2D eigenvalue weighted by Crippen LogP contribution is -2.15. The third-order valence-electron chi connectivity index (χ3n) is 5.21. The fourth-order valence-corrected chi connectivity index (χ4v) is 4.21. The molecule has 3 aromatic carbocycles. The molecule has 0 spiro atoms. The van der Waals surface area contributed by atoms with Gasteiger partial charge < -0.3 is 9.88 Å². The van der Waals surface area contributed by atoms with Crippen LogP contribution in [0.3, 0.4) is 0 Å². The van der Waals surface area contributed by atoms with Gasteiger partial charge in [0, 0.05) is 5.69 Å². The van der Waals surface area contributed by atoms with Gasteiger partial charge in [0.15, 0.2) is 5.16 Å².